The summed E-state index contributed by atoms with van der Waals surface area (Å²) in [6, 6.07) is 15.1. The summed E-state index contributed by atoms with van der Waals surface area (Å²) in [5.41, 5.74) is 8.68. The topological polar surface area (TPSA) is 72.3 Å². The number of benzene rings is 2. The molecule has 0 bridgehead atoms. The summed E-state index contributed by atoms with van der Waals surface area (Å²) in [6.45, 7) is 0. The quantitative estimate of drug-likeness (QED) is 0.620. The van der Waals surface area contributed by atoms with E-state index in [1.807, 2.05) is 86.5 Å². The fourth-order valence-corrected chi connectivity index (χ4v) is 2.10. The number of amides is 2. The monoisotopic (exact) mass is 352 g/mol. The first-order valence-corrected chi connectivity index (χ1v) is 8.12. The minimum atomic E-state index is -0.508. The van der Waals surface area contributed by atoms with Crippen LogP contribution in [0.2, 0.25) is 0 Å². The predicted molar refractivity (Wildman–Crippen MR) is 108 cm³/mol. The number of urea groups is 1. The fraction of sp³-hybridized carbons (Fsp3) is 0.211. The second-order valence-corrected chi connectivity index (χ2v) is 6.04. The van der Waals surface area contributed by atoms with Crippen molar-refractivity contribution >= 4 is 29.8 Å². The van der Waals surface area contributed by atoms with Crippen LogP contribution in [0.15, 0.2) is 58.7 Å². The van der Waals surface area contributed by atoms with E-state index in [0.29, 0.717) is 0 Å². The molecule has 0 aromatic heterocycles. The average molecular weight is 352 g/mol. The van der Waals surface area contributed by atoms with Gasteiger partial charge < -0.3 is 9.80 Å². The van der Waals surface area contributed by atoms with E-state index in [2.05, 4.69) is 21.1 Å². The number of hydrogen-bond acceptors (Lipinski definition) is 5. The fourth-order valence-electron chi connectivity index (χ4n) is 2.10. The zero-order valence-corrected chi connectivity index (χ0v) is 15.5. The van der Waals surface area contributed by atoms with E-state index in [4.69, 9.17) is 0 Å². The van der Waals surface area contributed by atoms with Crippen molar-refractivity contribution in [3.63, 3.8) is 0 Å². The Morgan fingerprint density at radius 1 is 0.808 bits per heavy atom. The third-order valence-electron chi connectivity index (χ3n) is 3.56. The van der Waals surface area contributed by atoms with Gasteiger partial charge in [-0.1, -0.05) is 24.3 Å². The SMILES string of the molecule is CN(C)c1ccc(/C=N/NC(=O)NN=Cc2cccc(N(C)C)c2)cc1. The molecule has 7 nitrogen and oxygen atoms in total. The maximum atomic E-state index is 11.7. The standard InChI is InChI=1S/C19H24N6O/c1-24(2)17-10-8-15(9-11-17)13-20-22-19(26)23-21-14-16-6-5-7-18(12-16)25(3)4/h5-14H,1-4H3,(H2,22,23,26)/b20-13+,21-14?. The maximum Gasteiger partial charge on any atom is 0.355 e. The van der Waals surface area contributed by atoms with Gasteiger partial charge in [0.2, 0.25) is 0 Å². The summed E-state index contributed by atoms with van der Waals surface area (Å²) >= 11 is 0. The molecular formula is C19H24N6O. The van der Waals surface area contributed by atoms with Crippen LogP contribution >= 0.6 is 0 Å². The van der Waals surface area contributed by atoms with Crippen LogP contribution in [0.5, 0.6) is 0 Å². The highest BCUT2D eigenvalue weighted by Gasteiger charge is 1.98. The number of carbonyl (C=O) groups is 1. The van der Waals surface area contributed by atoms with Crippen LogP contribution in [0.3, 0.4) is 0 Å². The van der Waals surface area contributed by atoms with Crippen molar-refractivity contribution in [3.05, 3.63) is 59.7 Å². The van der Waals surface area contributed by atoms with E-state index in [1.165, 1.54) is 0 Å². The summed E-state index contributed by atoms with van der Waals surface area (Å²) in [5.74, 6) is 0. The van der Waals surface area contributed by atoms with Gasteiger partial charge in [0, 0.05) is 39.6 Å². The molecule has 136 valence electrons. The van der Waals surface area contributed by atoms with Crippen LogP contribution in [-0.4, -0.2) is 46.7 Å². The van der Waals surface area contributed by atoms with Crippen molar-refractivity contribution in [2.75, 3.05) is 38.0 Å². The molecule has 0 aliphatic heterocycles. The summed E-state index contributed by atoms with van der Waals surface area (Å²) in [5, 5.41) is 7.81. The number of nitrogens with zero attached hydrogens (tertiary/aromatic N) is 4. The highest BCUT2D eigenvalue weighted by molar-refractivity contribution is 5.84. The molecule has 0 aliphatic rings. The van der Waals surface area contributed by atoms with Crippen molar-refractivity contribution in [1.29, 1.82) is 0 Å². The first-order valence-electron chi connectivity index (χ1n) is 8.12. The average Bonchev–Trinajstić information content (AvgIpc) is 2.62. The maximum absolute atomic E-state index is 11.7. The Hall–Kier alpha value is -3.35. The first-order chi connectivity index (χ1) is 12.5. The van der Waals surface area contributed by atoms with Crippen LogP contribution in [0.25, 0.3) is 0 Å². The minimum absolute atomic E-state index is 0.508. The Balaban J connectivity index is 1.82. The molecule has 2 aromatic carbocycles. The van der Waals surface area contributed by atoms with Crippen LogP contribution < -0.4 is 20.7 Å². The van der Waals surface area contributed by atoms with E-state index in [9.17, 15) is 4.79 Å². The molecule has 0 fully saturated rings. The second-order valence-electron chi connectivity index (χ2n) is 6.04. The van der Waals surface area contributed by atoms with Gasteiger partial charge in [0.1, 0.15) is 0 Å². The molecular weight excluding hydrogens is 328 g/mol. The number of nitrogens with one attached hydrogen (secondary N) is 2. The first kappa shape index (κ1) is 19.0. The lowest BCUT2D eigenvalue weighted by Gasteiger charge is -2.12. The van der Waals surface area contributed by atoms with E-state index < -0.39 is 6.03 Å². The third-order valence-corrected chi connectivity index (χ3v) is 3.56. The minimum Gasteiger partial charge on any atom is -0.378 e. The Bertz CT molecular complexity index is 781. The van der Waals surface area contributed by atoms with E-state index in [1.54, 1.807) is 12.4 Å². The molecule has 0 heterocycles. The summed E-state index contributed by atoms with van der Waals surface area (Å²) < 4.78 is 0. The Morgan fingerprint density at radius 3 is 1.96 bits per heavy atom. The van der Waals surface area contributed by atoms with Gasteiger partial charge in [-0.15, -0.1) is 0 Å². The van der Waals surface area contributed by atoms with Gasteiger partial charge in [-0.25, -0.2) is 15.6 Å². The third kappa shape index (κ3) is 5.94. The number of hydrogen-bond donors (Lipinski definition) is 2. The molecule has 0 saturated heterocycles. The normalized spacial score (nSPS) is 10.9. The lowest BCUT2D eigenvalue weighted by molar-refractivity contribution is 0.242. The van der Waals surface area contributed by atoms with Crippen molar-refractivity contribution in [2.45, 2.75) is 0 Å². The van der Waals surface area contributed by atoms with Gasteiger partial charge in [0.25, 0.3) is 0 Å². The van der Waals surface area contributed by atoms with Crippen molar-refractivity contribution < 1.29 is 4.79 Å². The molecule has 2 aromatic rings. The zero-order chi connectivity index (χ0) is 18.9. The molecule has 0 unspecified atom stereocenters. The molecule has 26 heavy (non-hydrogen) atoms. The van der Waals surface area contributed by atoms with Crippen molar-refractivity contribution in [1.82, 2.24) is 10.9 Å². The summed E-state index contributed by atoms with van der Waals surface area (Å²) in [7, 11) is 7.89. The Morgan fingerprint density at radius 2 is 1.38 bits per heavy atom. The molecule has 0 saturated carbocycles. The smallest absolute Gasteiger partial charge is 0.355 e. The van der Waals surface area contributed by atoms with Gasteiger partial charge in [-0.2, -0.15) is 10.2 Å². The summed E-state index contributed by atoms with van der Waals surface area (Å²) in [6.07, 6.45) is 3.15. The molecule has 2 rings (SSSR count). The van der Waals surface area contributed by atoms with E-state index >= 15 is 0 Å². The number of hydrazone groups is 2. The van der Waals surface area contributed by atoms with Crippen LogP contribution in [0.1, 0.15) is 11.1 Å². The number of rotatable bonds is 6. The highest BCUT2D eigenvalue weighted by Crippen LogP contribution is 2.12. The number of carbonyl (C=O) groups excluding carboxylic acids is 1. The van der Waals surface area contributed by atoms with Crippen LogP contribution in [-0.2, 0) is 0 Å². The van der Waals surface area contributed by atoms with Crippen LogP contribution in [0.4, 0.5) is 16.2 Å². The van der Waals surface area contributed by atoms with Gasteiger partial charge in [-0.3, -0.25) is 0 Å². The Labute approximate surface area is 154 Å². The molecule has 2 amide bonds. The van der Waals surface area contributed by atoms with Gasteiger partial charge in [0.05, 0.1) is 12.4 Å². The van der Waals surface area contributed by atoms with Crippen LogP contribution in [0, 0.1) is 0 Å². The molecule has 7 heteroatoms. The predicted octanol–water partition coefficient (Wildman–Crippen LogP) is 2.49. The second kappa shape index (κ2) is 9.22. The van der Waals surface area contributed by atoms with E-state index in [0.717, 1.165) is 22.5 Å². The van der Waals surface area contributed by atoms with Gasteiger partial charge in [0.15, 0.2) is 0 Å². The zero-order valence-electron chi connectivity index (χ0n) is 15.5. The molecule has 0 atom stereocenters. The van der Waals surface area contributed by atoms with Gasteiger partial charge >= 0.3 is 6.03 Å². The van der Waals surface area contributed by atoms with Crippen molar-refractivity contribution in [3.8, 4) is 0 Å². The van der Waals surface area contributed by atoms with E-state index in [-0.39, 0.29) is 0 Å². The lowest BCUT2D eigenvalue weighted by Crippen LogP contribution is -2.28. The molecule has 0 radical (unpaired) electrons. The molecule has 0 spiro atoms. The summed E-state index contributed by atoms with van der Waals surface area (Å²) in [4.78, 5) is 15.7. The van der Waals surface area contributed by atoms with Crippen molar-refractivity contribution in [2.24, 2.45) is 10.2 Å². The largest absolute Gasteiger partial charge is 0.378 e. The Kier molecular flexibility index (Phi) is 6.73. The highest BCUT2D eigenvalue weighted by atomic mass is 16.2. The van der Waals surface area contributed by atoms with Gasteiger partial charge in [-0.05, 0) is 35.4 Å². The molecule has 0 aliphatic carbocycles. The lowest BCUT2D eigenvalue weighted by atomic mass is 10.2. The molecule has 2 N–H and O–H groups in total. The number of anilines is 2.